The Morgan fingerprint density at radius 1 is 1.06 bits per heavy atom. The summed E-state index contributed by atoms with van der Waals surface area (Å²) in [6.07, 6.45) is 0.725. The number of benzene rings is 2. The normalized spacial score (nSPS) is 19.1. The summed E-state index contributed by atoms with van der Waals surface area (Å²) in [4.78, 5) is 15.1. The van der Waals surface area contributed by atoms with Gasteiger partial charge in [0.25, 0.3) is 0 Å². The highest BCUT2D eigenvalue weighted by Gasteiger charge is 2.32. The van der Waals surface area contributed by atoms with Crippen LogP contribution >= 0.6 is 0 Å². The third-order valence-corrected chi connectivity index (χ3v) is 5.66. The van der Waals surface area contributed by atoms with Crippen molar-refractivity contribution in [3.8, 4) is 11.5 Å². The molecule has 168 valence electrons. The maximum Gasteiger partial charge on any atom is 0.224 e. The maximum absolute atomic E-state index is 13.4. The van der Waals surface area contributed by atoms with Gasteiger partial charge in [0.15, 0.2) is 0 Å². The molecule has 0 saturated carbocycles. The number of likely N-dealkylation sites (tertiary alicyclic amines) is 1. The van der Waals surface area contributed by atoms with Crippen LogP contribution in [-0.2, 0) is 16.1 Å². The summed E-state index contributed by atoms with van der Waals surface area (Å²) < 4.78 is 29.3. The second-order valence-corrected chi connectivity index (χ2v) is 7.88. The first-order valence-corrected chi connectivity index (χ1v) is 10.5. The molecule has 3 rings (SSSR count). The fraction of sp³-hybridized carbons (Fsp3) is 0.458. The molecule has 0 spiro atoms. The molecule has 0 bridgehead atoms. The first-order chi connectivity index (χ1) is 15.0. The molecule has 0 aromatic heterocycles. The zero-order chi connectivity index (χ0) is 22.2. The predicted octanol–water partition coefficient (Wildman–Crippen LogP) is 3.21. The average molecular weight is 431 g/mol. The topological polar surface area (TPSA) is 60.0 Å². The second kappa shape index (κ2) is 11.1. The van der Waals surface area contributed by atoms with Gasteiger partial charge in [-0.05, 0) is 47.7 Å². The number of nitrogens with zero attached hydrogens (tertiary/aromatic N) is 1. The standard InChI is InChI=1S/C24H31FN2O4/c1-29-9-8-26-24(28)20-12-19(18-4-6-21(25)7-5-18)15-27(16-20)14-17-10-22(30-2)13-23(11-17)31-3/h4-7,10-11,13,19-20H,8-9,12,14-16H2,1-3H3,(H,26,28). The summed E-state index contributed by atoms with van der Waals surface area (Å²) in [5.74, 6) is 1.21. The van der Waals surface area contributed by atoms with Crippen LogP contribution in [-0.4, -0.2) is 58.4 Å². The van der Waals surface area contributed by atoms with Gasteiger partial charge in [-0.3, -0.25) is 9.69 Å². The van der Waals surface area contributed by atoms with Crippen LogP contribution in [0.5, 0.6) is 11.5 Å². The Kier molecular flexibility index (Phi) is 8.26. The van der Waals surface area contributed by atoms with Gasteiger partial charge in [-0.25, -0.2) is 4.39 Å². The molecule has 2 aromatic carbocycles. The van der Waals surface area contributed by atoms with E-state index in [2.05, 4.69) is 10.2 Å². The Hall–Kier alpha value is -2.64. The van der Waals surface area contributed by atoms with E-state index in [9.17, 15) is 9.18 Å². The molecule has 0 aliphatic carbocycles. The molecule has 1 heterocycles. The Morgan fingerprint density at radius 3 is 2.35 bits per heavy atom. The first-order valence-electron chi connectivity index (χ1n) is 10.5. The van der Waals surface area contributed by atoms with Gasteiger partial charge in [-0.2, -0.15) is 0 Å². The van der Waals surface area contributed by atoms with Crippen LogP contribution in [0.25, 0.3) is 0 Å². The van der Waals surface area contributed by atoms with E-state index in [1.807, 2.05) is 30.3 Å². The van der Waals surface area contributed by atoms with Gasteiger partial charge in [0, 0.05) is 39.4 Å². The minimum Gasteiger partial charge on any atom is -0.497 e. The quantitative estimate of drug-likeness (QED) is 0.619. The fourth-order valence-electron chi connectivity index (χ4n) is 4.12. The summed E-state index contributed by atoms with van der Waals surface area (Å²) in [6.45, 7) is 3.06. The highest BCUT2D eigenvalue weighted by Crippen LogP contribution is 2.32. The molecule has 6 nitrogen and oxygen atoms in total. The lowest BCUT2D eigenvalue weighted by Gasteiger charge is -2.37. The number of piperidine rings is 1. The molecule has 31 heavy (non-hydrogen) atoms. The summed E-state index contributed by atoms with van der Waals surface area (Å²) >= 11 is 0. The molecular weight excluding hydrogens is 399 g/mol. The number of amides is 1. The van der Waals surface area contributed by atoms with Crippen molar-refractivity contribution in [3.63, 3.8) is 0 Å². The molecule has 1 aliphatic rings. The van der Waals surface area contributed by atoms with E-state index in [4.69, 9.17) is 14.2 Å². The van der Waals surface area contributed by atoms with Crippen molar-refractivity contribution in [2.75, 3.05) is 47.6 Å². The average Bonchev–Trinajstić information content (AvgIpc) is 2.79. The van der Waals surface area contributed by atoms with Crippen molar-refractivity contribution in [2.45, 2.75) is 18.9 Å². The van der Waals surface area contributed by atoms with Crippen LogP contribution in [0.15, 0.2) is 42.5 Å². The van der Waals surface area contributed by atoms with Crippen molar-refractivity contribution in [1.29, 1.82) is 0 Å². The third-order valence-electron chi connectivity index (χ3n) is 5.66. The molecule has 1 amide bonds. The summed E-state index contributed by atoms with van der Waals surface area (Å²) in [7, 11) is 4.87. The van der Waals surface area contributed by atoms with Gasteiger partial charge in [-0.1, -0.05) is 12.1 Å². The van der Waals surface area contributed by atoms with Gasteiger partial charge >= 0.3 is 0 Å². The van der Waals surface area contributed by atoms with Gasteiger partial charge in [-0.15, -0.1) is 0 Å². The molecule has 1 saturated heterocycles. The van der Waals surface area contributed by atoms with Gasteiger partial charge < -0.3 is 19.5 Å². The van der Waals surface area contributed by atoms with Crippen molar-refractivity contribution in [3.05, 3.63) is 59.4 Å². The zero-order valence-electron chi connectivity index (χ0n) is 18.4. The van der Waals surface area contributed by atoms with Crippen molar-refractivity contribution < 1.29 is 23.4 Å². The summed E-state index contributed by atoms with van der Waals surface area (Å²) in [6, 6.07) is 12.4. The Morgan fingerprint density at radius 2 is 1.74 bits per heavy atom. The molecule has 2 unspecified atom stereocenters. The molecule has 1 aliphatic heterocycles. The van der Waals surface area contributed by atoms with Crippen LogP contribution < -0.4 is 14.8 Å². The SMILES string of the molecule is COCCNC(=O)C1CC(c2ccc(F)cc2)CN(Cc2cc(OC)cc(OC)c2)C1. The highest BCUT2D eigenvalue weighted by molar-refractivity contribution is 5.79. The van der Waals surface area contributed by atoms with Crippen LogP contribution in [0, 0.1) is 11.7 Å². The monoisotopic (exact) mass is 430 g/mol. The predicted molar refractivity (Wildman–Crippen MR) is 117 cm³/mol. The van der Waals surface area contributed by atoms with E-state index in [0.29, 0.717) is 26.2 Å². The lowest BCUT2D eigenvalue weighted by molar-refractivity contribution is -0.127. The van der Waals surface area contributed by atoms with Crippen molar-refractivity contribution in [2.24, 2.45) is 5.92 Å². The third kappa shape index (κ3) is 6.42. The smallest absolute Gasteiger partial charge is 0.224 e. The lowest BCUT2D eigenvalue weighted by atomic mass is 9.84. The van der Waals surface area contributed by atoms with Crippen LogP contribution in [0.4, 0.5) is 4.39 Å². The fourth-order valence-corrected chi connectivity index (χ4v) is 4.12. The van der Waals surface area contributed by atoms with Gasteiger partial charge in [0.05, 0.1) is 26.7 Å². The summed E-state index contributed by atoms with van der Waals surface area (Å²) in [5, 5.41) is 2.96. The van der Waals surface area contributed by atoms with Crippen LogP contribution in [0.3, 0.4) is 0 Å². The number of methoxy groups -OCH3 is 3. The number of hydrogen-bond acceptors (Lipinski definition) is 5. The van der Waals surface area contributed by atoms with Crippen molar-refractivity contribution >= 4 is 5.91 Å². The second-order valence-electron chi connectivity index (χ2n) is 7.88. The number of carbonyl (C=O) groups is 1. The van der Waals surface area contributed by atoms with Gasteiger partial charge in [0.2, 0.25) is 5.91 Å². The van der Waals surface area contributed by atoms with E-state index in [0.717, 1.165) is 35.6 Å². The molecule has 1 N–H and O–H groups in total. The van der Waals surface area contributed by atoms with E-state index < -0.39 is 0 Å². The Balaban J connectivity index is 1.79. The molecule has 2 atom stereocenters. The lowest BCUT2D eigenvalue weighted by Crippen LogP contribution is -2.46. The van der Waals surface area contributed by atoms with E-state index in [-0.39, 0.29) is 23.6 Å². The minimum atomic E-state index is -0.256. The van der Waals surface area contributed by atoms with Gasteiger partial charge in [0.1, 0.15) is 17.3 Å². The molecule has 2 aromatic rings. The van der Waals surface area contributed by atoms with Crippen molar-refractivity contribution in [1.82, 2.24) is 10.2 Å². The Bertz CT molecular complexity index is 837. The number of rotatable bonds is 9. The van der Waals surface area contributed by atoms with E-state index in [1.165, 1.54) is 12.1 Å². The molecule has 1 fully saturated rings. The minimum absolute atomic E-state index is 0.0251. The largest absolute Gasteiger partial charge is 0.497 e. The van der Waals surface area contributed by atoms with Crippen LogP contribution in [0.1, 0.15) is 23.5 Å². The maximum atomic E-state index is 13.4. The Labute approximate surface area is 183 Å². The summed E-state index contributed by atoms with van der Waals surface area (Å²) in [5.41, 5.74) is 2.10. The van der Waals surface area contributed by atoms with Crippen LogP contribution in [0.2, 0.25) is 0 Å². The molecular formula is C24H31FN2O4. The zero-order valence-corrected chi connectivity index (χ0v) is 18.4. The number of nitrogens with one attached hydrogen (secondary N) is 1. The van der Waals surface area contributed by atoms with E-state index in [1.54, 1.807) is 21.3 Å². The number of carbonyl (C=O) groups excluding carboxylic acids is 1. The van der Waals surface area contributed by atoms with E-state index >= 15 is 0 Å². The first kappa shape index (κ1) is 23.0. The molecule has 0 radical (unpaired) electrons. The number of hydrogen-bond donors (Lipinski definition) is 1. The highest BCUT2D eigenvalue weighted by atomic mass is 19.1. The number of halogens is 1. The number of ether oxygens (including phenoxy) is 3. The molecule has 7 heteroatoms.